The van der Waals surface area contributed by atoms with E-state index in [1.54, 1.807) is 12.5 Å². The van der Waals surface area contributed by atoms with E-state index >= 15 is 0 Å². The molecule has 5 N–H and O–H groups in total. The van der Waals surface area contributed by atoms with Crippen LogP contribution in [0.5, 0.6) is 0 Å². The zero-order chi connectivity index (χ0) is 6.62. The molecule has 8 heavy (non-hydrogen) atoms. The summed E-state index contributed by atoms with van der Waals surface area (Å²) in [6.07, 6.45) is 0.192. The molecule has 0 radical (unpaired) electrons. The summed E-state index contributed by atoms with van der Waals surface area (Å²) < 4.78 is 4.16. The number of hydrogen-bond donors (Lipinski definition) is 4. The van der Waals surface area contributed by atoms with Crippen molar-refractivity contribution in [1.29, 1.82) is 0 Å². The monoisotopic (exact) mass is 142 g/mol. The Morgan fingerprint density at radius 3 is 2.38 bits per heavy atom. The third-order valence-electron chi connectivity index (χ3n) is 0.683. The van der Waals surface area contributed by atoms with E-state index in [0.29, 0.717) is 0 Å². The van der Waals surface area contributed by atoms with E-state index in [1.165, 1.54) is 0 Å². The molecule has 0 aromatic heterocycles. The summed E-state index contributed by atoms with van der Waals surface area (Å²) in [7, 11) is -3.41. The van der Waals surface area contributed by atoms with E-state index < -0.39 is 7.94 Å². The SMILES string of the molecule is CC[PH](O)(O)ONN. The second-order valence-corrected chi connectivity index (χ2v) is 3.71. The van der Waals surface area contributed by atoms with Crippen molar-refractivity contribution in [3.8, 4) is 0 Å². The van der Waals surface area contributed by atoms with Crippen molar-refractivity contribution >= 4 is 7.94 Å². The van der Waals surface area contributed by atoms with Gasteiger partial charge < -0.3 is 0 Å². The Kier molecular flexibility index (Phi) is 3.39. The van der Waals surface area contributed by atoms with Gasteiger partial charge in [-0.3, -0.25) is 0 Å². The Hall–Kier alpha value is 0.230. The van der Waals surface area contributed by atoms with E-state index in [-0.39, 0.29) is 6.16 Å². The van der Waals surface area contributed by atoms with Crippen LogP contribution in [0.25, 0.3) is 0 Å². The Labute approximate surface area is 48.0 Å². The molecule has 0 spiro atoms. The van der Waals surface area contributed by atoms with Crippen LogP contribution in [0.2, 0.25) is 0 Å². The second-order valence-electron chi connectivity index (χ2n) is 1.32. The molecule has 0 heterocycles. The number of nitrogens with one attached hydrogen (secondary N) is 1. The molecule has 0 aliphatic rings. The van der Waals surface area contributed by atoms with Crippen molar-refractivity contribution in [2.24, 2.45) is 5.84 Å². The molecule has 0 bridgehead atoms. The maximum atomic E-state index is 8.65. The van der Waals surface area contributed by atoms with Crippen molar-refractivity contribution in [3.05, 3.63) is 0 Å². The summed E-state index contributed by atoms with van der Waals surface area (Å²) in [6, 6.07) is 0. The number of nitrogens with two attached hydrogens (primary N) is 1. The molecule has 0 aliphatic carbocycles. The first-order valence-electron chi connectivity index (χ1n) is 2.20. The van der Waals surface area contributed by atoms with E-state index in [4.69, 9.17) is 9.79 Å². The summed E-state index contributed by atoms with van der Waals surface area (Å²) in [5, 5.41) is 0. The van der Waals surface area contributed by atoms with Crippen molar-refractivity contribution in [2.75, 3.05) is 6.16 Å². The topological polar surface area (TPSA) is 87.7 Å². The van der Waals surface area contributed by atoms with Gasteiger partial charge in [-0.05, 0) is 0 Å². The van der Waals surface area contributed by atoms with E-state index in [9.17, 15) is 0 Å². The van der Waals surface area contributed by atoms with Gasteiger partial charge in [0.25, 0.3) is 0 Å². The normalized spacial score (nSPS) is 14.0. The van der Waals surface area contributed by atoms with Gasteiger partial charge in [0.15, 0.2) is 0 Å². The third kappa shape index (κ3) is 3.26. The molecule has 5 nitrogen and oxygen atoms in total. The molecular formula is C2H11N2O3P. The molecule has 52 valence electrons. The number of hydrogen-bond acceptors (Lipinski definition) is 5. The summed E-state index contributed by atoms with van der Waals surface area (Å²) in [4.78, 5) is 17.3. The van der Waals surface area contributed by atoms with Gasteiger partial charge in [-0.15, -0.1) is 0 Å². The molecule has 0 atom stereocenters. The van der Waals surface area contributed by atoms with Crippen LogP contribution in [0.4, 0.5) is 0 Å². The number of hydrazine groups is 1. The van der Waals surface area contributed by atoms with Crippen molar-refractivity contribution in [3.63, 3.8) is 0 Å². The van der Waals surface area contributed by atoms with Crippen molar-refractivity contribution in [2.45, 2.75) is 6.92 Å². The minimum atomic E-state index is -3.41. The zero-order valence-electron chi connectivity index (χ0n) is 4.59. The molecule has 0 aromatic carbocycles. The average Bonchev–Trinajstić information content (AvgIpc) is 1.67. The number of rotatable bonds is 3. The molecule has 0 aromatic rings. The average molecular weight is 142 g/mol. The third-order valence-corrected chi connectivity index (χ3v) is 2.05. The van der Waals surface area contributed by atoms with Gasteiger partial charge in [-0.1, -0.05) is 0 Å². The first kappa shape index (κ1) is 8.23. The van der Waals surface area contributed by atoms with Crippen LogP contribution in [-0.2, 0) is 4.62 Å². The van der Waals surface area contributed by atoms with E-state index in [2.05, 4.69) is 10.5 Å². The van der Waals surface area contributed by atoms with Crippen LogP contribution >= 0.6 is 7.94 Å². The maximum absolute atomic E-state index is 8.65. The van der Waals surface area contributed by atoms with Crippen LogP contribution < -0.4 is 11.4 Å². The molecule has 0 saturated carbocycles. The first-order valence-corrected chi connectivity index (χ1v) is 4.21. The van der Waals surface area contributed by atoms with Gasteiger partial charge in [0.1, 0.15) is 0 Å². The van der Waals surface area contributed by atoms with Gasteiger partial charge in [0, 0.05) is 0 Å². The molecule has 0 unspecified atom stereocenters. The fraction of sp³-hybridized carbons (Fsp3) is 1.00. The van der Waals surface area contributed by atoms with Crippen LogP contribution in [0.3, 0.4) is 0 Å². The quantitative estimate of drug-likeness (QED) is 0.228. The van der Waals surface area contributed by atoms with Gasteiger partial charge in [-0.2, -0.15) is 0 Å². The van der Waals surface area contributed by atoms with Crippen LogP contribution in [-0.4, -0.2) is 15.9 Å². The van der Waals surface area contributed by atoms with Crippen LogP contribution in [0.1, 0.15) is 6.92 Å². The summed E-state index contributed by atoms with van der Waals surface area (Å²) in [5.41, 5.74) is 1.72. The first-order chi connectivity index (χ1) is 3.62. The van der Waals surface area contributed by atoms with Crippen LogP contribution in [0, 0.1) is 0 Å². The molecule has 0 amide bonds. The van der Waals surface area contributed by atoms with E-state index in [1.807, 2.05) is 0 Å². The predicted molar refractivity (Wildman–Crippen MR) is 31.7 cm³/mol. The Morgan fingerprint density at radius 2 is 2.25 bits per heavy atom. The van der Waals surface area contributed by atoms with Crippen molar-refractivity contribution in [1.82, 2.24) is 5.59 Å². The Bertz CT molecular complexity index is 68.3. The molecular weight excluding hydrogens is 131 g/mol. The van der Waals surface area contributed by atoms with Gasteiger partial charge >= 0.3 is 46.9 Å². The molecule has 0 aliphatic heterocycles. The fourth-order valence-electron chi connectivity index (χ4n) is 0.167. The Balaban J connectivity index is 3.37. The second kappa shape index (κ2) is 3.29. The minimum absolute atomic E-state index is 0.192. The van der Waals surface area contributed by atoms with Crippen LogP contribution in [0.15, 0.2) is 0 Å². The summed E-state index contributed by atoms with van der Waals surface area (Å²) in [6.45, 7) is 1.60. The van der Waals surface area contributed by atoms with Gasteiger partial charge in [0.2, 0.25) is 0 Å². The van der Waals surface area contributed by atoms with Gasteiger partial charge in [-0.25, -0.2) is 0 Å². The molecule has 0 saturated heterocycles. The molecule has 6 heteroatoms. The summed E-state index contributed by atoms with van der Waals surface area (Å²) >= 11 is 0. The zero-order valence-corrected chi connectivity index (χ0v) is 5.59. The molecule has 0 rings (SSSR count). The van der Waals surface area contributed by atoms with E-state index in [0.717, 1.165) is 0 Å². The molecule has 0 fully saturated rings. The predicted octanol–water partition coefficient (Wildman–Crippen LogP) is -1.12. The van der Waals surface area contributed by atoms with Gasteiger partial charge in [0.05, 0.1) is 0 Å². The summed E-state index contributed by atoms with van der Waals surface area (Å²) in [5.74, 6) is 4.63. The Morgan fingerprint density at radius 1 is 1.75 bits per heavy atom. The standard InChI is InChI=1S/C2H11N2O3P/c1-2-8(5,6)7-4-3/h4-6,8H,2-3H2,1H3. The van der Waals surface area contributed by atoms with Crippen molar-refractivity contribution < 1.29 is 14.4 Å². The fourth-order valence-corrected chi connectivity index (χ4v) is 0.500.